The minimum atomic E-state index is -0.784. The summed E-state index contributed by atoms with van der Waals surface area (Å²) in [6.45, 7) is 22.4. The maximum Gasteiger partial charge on any atom is 0.305 e. The van der Waals surface area contributed by atoms with Gasteiger partial charge >= 0.3 is 5.97 Å². The van der Waals surface area contributed by atoms with E-state index in [0.29, 0.717) is 6.54 Å². The number of aryl methyl sites for hydroxylation is 2. The zero-order valence-corrected chi connectivity index (χ0v) is 30.5. The van der Waals surface area contributed by atoms with Gasteiger partial charge in [0.2, 0.25) is 5.69 Å². The van der Waals surface area contributed by atoms with Crippen molar-refractivity contribution in [3.8, 4) is 0 Å². The molecule has 5 heteroatoms. The van der Waals surface area contributed by atoms with Crippen LogP contribution in [0.2, 0.25) is 0 Å². The smallest absolute Gasteiger partial charge is 0.305 e. The first-order chi connectivity index (χ1) is 22.9. The van der Waals surface area contributed by atoms with Crippen molar-refractivity contribution in [1.82, 2.24) is 5.32 Å². The molecule has 0 fully saturated rings. The van der Waals surface area contributed by atoms with Crippen LogP contribution >= 0.6 is 0 Å². The molecule has 0 spiro atoms. The summed E-state index contributed by atoms with van der Waals surface area (Å²) in [5.41, 5.74) is 13.9. The third-order valence-corrected chi connectivity index (χ3v) is 10.5. The Hall–Kier alpha value is -3.86. The van der Waals surface area contributed by atoms with Crippen LogP contribution in [0.3, 0.4) is 0 Å². The van der Waals surface area contributed by atoms with E-state index in [-0.39, 0.29) is 17.3 Å². The molecule has 0 bridgehead atoms. The van der Waals surface area contributed by atoms with E-state index in [1.807, 2.05) is 0 Å². The Balaban J connectivity index is 1.57. The van der Waals surface area contributed by atoms with Crippen LogP contribution in [0.5, 0.6) is 0 Å². The number of fused-ring (bicyclic) bond motifs is 2. The number of anilines is 1. The van der Waals surface area contributed by atoms with Gasteiger partial charge in [-0.2, -0.15) is 11.0 Å². The Morgan fingerprint density at radius 2 is 1.71 bits per heavy atom. The van der Waals surface area contributed by atoms with Gasteiger partial charge in [-0.3, -0.25) is 4.79 Å². The number of aliphatic carboxylic acids is 1. The van der Waals surface area contributed by atoms with E-state index in [2.05, 4.69) is 131 Å². The highest BCUT2D eigenvalue weighted by molar-refractivity contribution is 6.03. The van der Waals surface area contributed by atoms with E-state index in [0.717, 1.165) is 63.7 Å². The molecular formula is C43H57N3O2. The van der Waals surface area contributed by atoms with Gasteiger partial charge in [-0.05, 0) is 81.9 Å². The summed E-state index contributed by atoms with van der Waals surface area (Å²) < 4.78 is 2.53. The van der Waals surface area contributed by atoms with Crippen molar-refractivity contribution < 1.29 is 14.5 Å². The van der Waals surface area contributed by atoms with E-state index < -0.39 is 5.97 Å². The zero-order valence-electron chi connectivity index (χ0n) is 30.5. The number of allylic oxidation sites excluding steroid dienone is 7. The van der Waals surface area contributed by atoms with Crippen molar-refractivity contribution in [3.63, 3.8) is 0 Å². The number of unbranched alkanes of at least 4 members (excludes halogenated alkanes) is 2. The molecule has 256 valence electrons. The molecule has 0 saturated heterocycles. The fraction of sp³-hybridized carbons (Fsp3) is 0.465. The molecule has 0 atom stereocenters. The lowest BCUT2D eigenvalue weighted by atomic mass is 9.80. The molecule has 48 heavy (non-hydrogen) atoms. The minimum absolute atomic E-state index is 0.0826. The first-order valence-electron chi connectivity index (χ1n) is 18.1. The molecule has 5 nitrogen and oxygen atoms in total. The second-order valence-electron chi connectivity index (χ2n) is 14.9. The van der Waals surface area contributed by atoms with Crippen LogP contribution in [0.15, 0.2) is 83.2 Å². The molecule has 0 radical (unpaired) electrons. The average Bonchev–Trinajstić information content (AvgIpc) is 3.38. The van der Waals surface area contributed by atoms with Crippen molar-refractivity contribution in [2.24, 2.45) is 0 Å². The first kappa shape index (κ1) is 35.4. The fourth-order valence-corrected chi connectivity index (χ4v) is 7.79. The highest BCUT2D eigenvalue weighted by Gasteiger charge is 2.44. The zero-order chi connectivity index (χ0) is 34.6. The number of carboxylic acid groups (broad SMARTS) is 1. The number of hydrogen-bond donors (Lipinski definition) is 2. The number of nitrogens with one attached hydrogen (secondary N) is 1. The highest BCUT2D eigenvalue weighted by atomic mass is 16.4. The van der Waals surface area contributed by atoms with Crippen molar-refractivity contribution in [2.45, 2.75) is 111 Å². The van der Waals surface area contributed by atoms with E-state index in [4.69, 9.17) is 0 Å². The number of carbonyl (C=O) groups is 1. The second-order valence-corrected chi connectivity index (χ2v) is 14.9. The van der Waals surface area contributed by atoms with Crippen LogP contribution in [0.25, 0.3) is 0 Å². The average molecular weight is 648 g/mol. The summed E-state index contributed by atoms with van der Waals surface area (Å²) in [6.07, 6.45) is 16.6. The summed E-state index contributed by atoms with van der Waals surface area (Å²) in [5, 5.41) is 13.1. The molecule has 0 amide bonds. The van der Waals surface area contributed by atoms with Crippen molar-refractivity contribution in [3.05, 3.63) is 112 Å². The lowest BCUT2D eigenvalue weighted by Gasteiger charge is -2.28. The topological polar surface area (TPSA) is 55.6 Å². The molecule has 5 rings (SSSR count). The second kappa shape index (κ2) is 14.7. The molecule has 0 aromatic heterocycles. The molecule has 2 aromatic carbocycles. The maximum absolute atomic E-state index is 11.5. The molecule has 0 saturated carbocycles. The Morgan fingerprint density at radius 3 is 2.42 bits per heavy atom. The summed E-state index contributed by atoms with van der Waals surface area (Å²) >= 11 is 0. The van der Waals surface area contributed by atoms with Gasteiger partial charge in [-0.15, -0.1) is 0 Å². The SMILES string of the molecule is [CH2-]CCCN1/C(=C\C=C2/CCCC(/C=C/C3=[N+](CCCC)c4ccc(C)cc4C3(C)C)=C2NCCC(=O)O)C(C)(C)c2cc(C)ccc21. The van der Waals surface area contributed by atoms with Gasteiger partial charge in [0.15, 0.2) is 5.71 Å². The summed E-state index contributed by atoms with van der Waals surface area (Å²) in [5.74, 6) is -0.784. The van der Waals surface area contributed by atoms with Crippen molar-refractivity contribution in [1.29, 1.82) is 0 Å². The molecule has 2 aromatic rings. The highest BCUT2D eigenvalue weighted by Crippen LogP contribution is 2.48. The van der Waals surface area contributed by atoms with Crippen molar-refractivity contribution >= 4 is 23.1 Å². The molecule has 2 aliphatic heterocycles. The van der Waals surface area contributed by atoms with E-state index in [9.17, 15) is 9.90 Å². The van der Waals surface area contributed by atoms with Gasteiger partial charge in [0.05, 0.1) is 11.8 Å². The van der Waals surface area contributed by atoms with Crippen molar-refractivity contribution in [2.75, 3.05) is 24.5 Å². The van der Waals surface area contributed by atoms with Crippen LogP contribution < -0.4 is 10.2 Å². The maximum atomic E-state index is 11.5. The van der Waals surface area contributed by atoms with Gasteiger partial charge in [0.25, 0.3) is 0 Å². The normalized spacial score (nSPS) is 20.0. The van der Waals surface area contributed by atoms with Gasteiger partial charge in [0, 0.05) is 59.7 Å². The first-order valence-corrected chi connectivity index (χ1v) is 18.1. The summed E-state index contributed by atoms with van der Waals surface area (Å²) in [6, 6.07) is 13.7. The lowest BCUT2D eigenvalue weighted by Crippen LogP contribution is -2.28. The molecule has 3 aliphatic rings. The van der Waals surface area contributed by atoms with E-state index >= 15 is 0 Å². The third-order valence-electron chi connectivity index (χ3n) is 10.5. The van der Waals surface area contributed by atoms with E-state index in [1.54, 1.807) is 0 Å². The number of hydrogen-bond acceptors (Lipinski definition) is 3. The molecule has 1 aliphatic carbocycles. The molecule has 2 N–H and O–H groups in total. The standard InChI is InChI=1S/C43H56N3O2/c1-9-11-26-45-36-20-16-30(3)28-34(36)42(5,6)38(45)22-18-32-14-13-15-33(41(32)44-25-24-40(47)48)19-23-39-43(7,8)35-29-31(4)17-21-37(35)46(39)27-12-10-2/h16-23,28-29H,1,9-15,24-27H2,2-8H3,(H,47,48)/q-1/p+1/b32-18+,38-22-. The quantitative estimate of drug-likeness (QED) is 0.168. The Morgan fingerprint density at radius 1 is 0.979 bits per heavy atom. The fourth-order valence-electron chi connectivity index (χ4n) is 7.79. The summed E-state index contributed by atoms with van der Waals surface area (Å²) in [7, 11) is 0. The summed E-state index contributed by atoms with van der Waals surface area (Å²) in [4.78, 5) is 14.0. The predicted molar refractivity (Wildman–Crippen MR) is 201 cm³/mol. The predicted octanol–water partition coefficient (Wildman–Crippen LogP) is 9.76. The number of benzene rings is 2. The monoisotopic (exact) mass is 647 g/mol. The number of carboxylic acids is 1. The Labute approximate surface area is 289 Å². The van der Waals surface area contributed by atoms with Crippen LogP contribution in [0, 0.1) is 20.8 Å². The van der Waals surface area contributed by atoms with Crippen LogP contribution in [0.1, 0.15) is 108 Å². The lowest BCUT2D eigenvalue weighted by molar-refractivity contribution is -0.438. The third kappa shape index (κ3) is 7.11. The van der Waals surface area contributed by atoms with Gasteiger partial charge in [-0.25, -0.2) is 0 Å². The molecule has 0 unspecified atom stereocenters. The molecule has 2 heterocycles. The van der Waals surface area contributed by atoms with Crippen LogP contribution in [-0.4, -0.2) is 41.0 Å². The minimum Gasteiger partial charge on any atom is -0.481 e. The van der Waals surface area contributed by atoms with Gasteiger partial charge in [-0.1, -0.05) is 75.1 Å². The van der Waals surface area contributed by atoms with Crippen LogP contribution in [-0.2, 0) is 15.6 Å². The Kier molecular flexibility index (Phi) is 10.9. The number of rotatable bonds is 13. The van der Waals surface area contributed by atoms with E-state index in [1.165, 1.54) is 56.2 Å². The van der Waals surface area contributed by atoms with Gasteiger partial charge < -0.3 is 22.2 Å². The van der Waals surface area contributed by atoms with Gasteiger partial charge in [0.1, 0.15) is 6.54 Å². The largest absolute Gasteiger partial charge is 0.481 e. The van der Waals surface area contributed by atoms with Crippen LogP contribution in [0.4, 0.5) is 11.4 Å². The Bertz CT molecular complexity index is 1700. The number of nitrogens with zero attached hydrogens (tertiary/aromatic N) is 2. The molecular weight excluding hydrogens is 590 g/mol.